The molecule has 0 aliphatic heterocycles. The number of hydrazone groups is 2. The molecule has 0 amide bonds. The fraction of sp³-hybridized carbons (Fsp3) is 0.333. The third-order valence-corrected chi connectivity index (χ3v) is 3.24. The van der Waals surface area contributed by atoms with Crippen molar-refractivity contribution in [3.8, 4) is 0 Å². The van der Waals surface area contributed by atoms with Crippen molar-refractivity contribution in [1.29, 1.82) is 0 Å². The summed E-state index contributed by atoms with van der Waals surface area (Å²) < 4.78 is 2.36. The molecule has 0 aliphatic rings. The van der Waals surface area contributed by atoms with Gasteiger partial charge in [0.25, 0.3) is 5.56 Å². The van der Waals surface area contributed by atoms with Crippen LogP contribution in [0.4, 0.5) is 0 Å². The van der Waals surface area contributed by atoms with Gasteiger partial charge >= 0.3 is 5.69 Å². The summed E-state index contributed by atoms with van der Waals surface area (Å²) in [6, 6.07) is 1.29. The van der Waals surface area contributed by atoms with Crippen LogP contribution in [0.25, 0.3) is 0 Å². The fourth-order valence-corrected chi connectivity index (χ4v) is 1.54. The van der Waals surface area contributed by atoms with Crippen LogP contribution in [0.2, 0.25) is 0 Å². The summed E-state index contributed by atoms with van der Waals surface area (Å²) in [5.74, 6) is 0. The molecule has 1 aromatic rings. The Hall–Kier alpha value is -2.60. The van der Waals surface area contributed by atoms with Crippen LogP contribution in [-0.4, -0.2) is 45.9 Å². The van der Waals surface area contributed by atoms with E-state index in [9.17, 15) is 9.59 Å². The maximum atomic E-state index is 12.2. The van der Waals surface area contributed by atoms with Crippen LogP contribution in [0.3, 0.4) is 0 Å². The summed E-state index contributed by atoms with van der Waals surface area (Å²) in [6.07, 6.45) is 4.23. The highest BCUT2D eigenvalue weighted by Crippen LogP contribution is 1.78. The molecule has 0 spiro atoms. The minimum absolute atomic E-state index is 0.0110. The number of nitrogens with zero attached hydrogens (tertiary/aromatic N) is 4. The molecule has 0 aliphatic carbocycles. The summed E-state index contributed by atoms with van der Waals surface area (Å²) in [4.78, 5) is 24.0. The van der Waals surface area contributed by atoms with Crippen LogP contribution < -0.4 is 32.7 Å². The average Bonchev–Trinajstić information content (AvgIpc) is 2.58. The van der Waals surface area contributed by atoms with E-state index in [1.54, 1.807) is 14.1 Å². The van der Waals surface area contributed by atoms with E-state index in [0.29, 0.717) is 10.2 Å². The maximum Gasteiger partial charge on any atom is 0.331 e. The Labute approximate surface area is 148 Å². The molecule has 1 heterocycles. The SMILES string of the molecule is CNC(=S)N/N=C/Cn1ccc(=O)n(C/C=N/NC(=S)NC)c1=O. The minimum atomic E-state index is -0.479. The third-order valence-electron chi connectivity index (χ3n) is 2.65. The van der Waals surface area contributed by atoms with Crippen molar-refractivity contribution in [2.45, 2.75) is 13.1 Å². The predicted octanol–water partition coefficient (Wildman–Crippen LogP) is -1.83. The van der Waals surface area contributed by atoms with E-state index < -0.39 is 11.2 Å². The van der Waals surface area contributed by atoms with Gasteiger partial charge in [0.05, 0.1) is 13.1 Å². The average molecular weight is 370 g/mol. The highest BCUT2D eigenvalue weighted by atomic mass is 32.1. The Bertz CT molecular complexity index is 752. The van der Waals surface area contributed by atoms with E-state index in [1.165, 1.54) is 29.3 Å². The molecule has 0 atom stereocenters. The summed E-state index contributed by atoms with van der Waals surface area (Å²) >= 11 is 9.69. The maximum absolute atomic E-state index is 12.2. The molecule has 0 bridgehead atoms. The first-order chi connectivity index (χ1) is 11.5. The zero-order chi connectivity index (χ0) is 17.9. The lowest BCUT2D eigenvalue weighted by molar-refractivity contribution is 0.649. The van der Waals surface area contributed by atoms with Gasteiger partial charge in [0.2, 0.25) is 0 Å². The first kappa shape index (κ1) is 19.4. The van der Waals surface area contributed by atoms with Crippen molar-refractivity contribution in [3.63, 3.8) is 0 Å². The van der Waals surface area contributed by atoms with E-state index >= 15 is 0 Å². The molecule has 0 aromatic carbocycles. The van der Waals surface area contributed by atoms with Crippen LogP contribution >= 0.6 is 24.4 Å². The minimum Gasteiger partial charge on any atom is -0.364 e. The van der Waals surface area contributed by atoms with Gasteiger partial charge in [-0.25, -0.2) is 4.79 Å². The third kappa shape index (κ3) is 6.26. The lowest BCUT2D eigenvalue weighted by atomic mass is 10.5. The van der Waals surface area contributed by atoms with Crippen molar-refractivity contribution in [1.82, 2.24) is 30.6 Å². The number of hydrogen-bond donors (Lipinski definition) is 4. The van der Waals surface area contributed by atoms with Gasteiger partial charge in [-0.05, 0) is 24.4 Å². The molecule has 0 saturated heterocycles. The van der Waals surface area contributed by atoms with Gasteiger partial charge in [0.1, 0.15) is 0 Å². The zero-order valence-corrected chi connectivity index (χ0v) is 14.8. The van der Waals surface area contributed by atoms with E-state index in [1.807, 2.05) is 0 Å². The highest BCUT2D eigenvalue weighted by Gasteiger charge is 2.03. The Balaban J connectivity index is 2.77. The first-order valence-electron chi connectivity index (χ1n) is 6.78. The molecule has 0 saturated carbocycles. The van der Waals surface area contributed by atoms with E-state index in [2.05, 4.69) is 31.7 Å². The number of rotatable bonds is 6. The molecule has 1 aromatic heterocycles. The van der Waals surface area contributed by atoms with Crippen LogP contribution in [0.15, 0.2) is 32.1 Å². The van der Waals surface area contributed by atoms with Gasteiger partial charge in [-0.1, -0.05) is 0 Å². The zero-order valence-electron chi connectivity index (χ0n) is 13.1. The predicted molar refractivity (Wildman–Crippen MR) is 102 cm³/mol. The Kier molecular flexibility index (Phi) is 8.29. The molecule has 24 heavy (non-hydrogen) atoms. The molecule has 130 valence electrons. The second kappa shape index (κ2) is 10.2. The lowest BCUT2D eigenvalue weighted by Gasteiger charge is -2.06. The quantitative estimate of drug-likeness (QED) is 0.262. The Morgan fingerprint density at radius 3 is 2.17 bits per heavy atom. The summed E-state index contributed by atoms with van der Waals surface area (Å²) in [5, 5.41) is 13.7. The van der Waals surface area contributed by atoms with Crippen LogP contribution in [0.1, 0.15) is 0 Å². The van der Waals surface area contributed by atoms with Crippen LogP contribution in [0.5, 0.6) is 0 Å². The molecule has 12 heteroatoms. The van der Waals surface area contributed by atoms with Crippen LogP contribution in [-0.2, 0) is 13.1 Å². The first-order valence-corrected chi connectivity index (χ1v) is 7.60. The largest absolute Gasteiger partial charge is 0.364 e. The topological polar surface area (TPSA) is 117 Å². The van der Waals surface area contributed by atoms with E-state index in [0.717, 1.165) is 4.57 Å². The van der Waals surface area contributed by atoms with Gasteiger partial charge in [-0.3, -0.25) is 24.8 Å². The van der Waals surface area contributed by atoms with Gasteiger partial charge < -0.3 is 10.6 Å². The van der Waals surface area contributed by atoms with E-state index in [-0.39, 0.29) is 13.1 Å². The van der Waals surface area contributed by atoms with Gasteiger partial charge in [0, 0.05) is 38.8 Å². The van der Waals surface area contributed by atoms with Crippen molar-refractivity contribution in [2.75, 3.05) is 14.1 Å². The number of thiocarbonyl (C=S) groups is 2. The normalized spacial score (nSPS) is 10.8. The van der Waals surface area contributed by atoms with Crippen molar-refractivity contribution < 1.29 is 0 Å². The number of aromatic nitrogens is 2. The molecular formula is C12H18N8O2S2. The lowest BCUT2D eigenvalue weighted by Crippen LogP contribution is -2.40. The monoisotopic (exact) mass is 370 g/mol. The highest BCUT2D eigenvalue weighted by molar-refractivity contribution is 7.80. The van der Waals surface area contributed by atoms with E-state index in [4.69, 9.17) is 24.4 Å². The van der Waals surface area contributed by atoms with Gasteiger partial charge in [-0.2, -0.15) is 10.2 Å². The van der Waals surface area contributed by atoms with Crippen molar-refractivity contribution in [3.05, 3.63) is 33.1 Å². The fourth-order valence-electron chi connectivity index (χ4n) is 1.44. The molecule has 4 N–H and O–H groups in total. The Morgan fingerprint density at radius 1 is 1.08 bits per heavy atom. The van der Waals surface area contributed by atoms with Crippen LogP contribution in [0, 0.1) is 0 Å². The molecule has 1 rings (SSSR count). The molecule has 10 nitrogen and oxygen atoms in total. The Morgan fingerprint density at radius 2 is 1.62 bits per heavy atom. The second-order valence-corrected chi connectivity index (χ2v) is 5.02. The molecular weight excluding hydrogens is 352 g/mol. The summed E-state index contributed by atoms with van der Waals surface area (Å²) in [5.41, 5.74) is 4.19. The summed E-state index contributed by atoms with van der Waals surface area (Å²) in [6.45, 7) is 0.189. The number of hydrogen-bond acceptors (Lipinski definition) is 6. The molecule has 0 unspecified atom stereocenters. The second-order valence-electron chi connectivity index (χ2n) is 4.20. The standard InChI is InChI=1S/C12H18N8O2S2/c1-13-10(23)17-15-4-7-19-6-3-9(21)20(12(19)22)8-5-16-18-11(24)14-2/h3-6H,7-8H2,1-2H3,(H2,13,17,23)(H2,14,18,24)/b15-4+,16-5+. The van der Waals surface area contributed by atoms with Gasteiger partial charge in [-0.15, -0.1) is 0 Å². The van der Waals surface area contributed by atoms with Crippen molar-refractivity contribution in [2.24, 2.45) is 10.2 Å². The number of nitrogens with one attached hydrogen (secondary N) is 4. The molecule has 0 fully saturated rings. The summed E-state index contributed by atoms with van der Waals surface area (Å²) in [7, 11) is 3.30. The molecule has 0 radical (unpaired) electrons. The van der Waals surface area contributed by atoms with Crippen molar-refractivity contribution >= 4 is 47.1 Å². The smallest absolute Gasteiger partial charge is 0.331 e. The van der Waals surface area contributed by atoms with Gasteiger partial charge in [0.15, 0.2) is 10.2 Å².